The fourth-order valence-electron chi connectivity index (χ4n) is 11.5. The van der Waals surface area contributed by atoms with Crippen LogP contribution >= 0.6 is 0 Å². The average molecular weight is 686 g/mol. The molecule has 1 nitrogen and oxygen atoms in total. The van der Waals surface area contributed by atoms with Crippen molar-refractivity contribution in [2.24, 2.45) is 17.8 Å². The van der Waals surface area contributed by atoms with Crippen molar-refractivity contribution in [3.8, 4) is 0 Å². The summed E-state index contributed by atoms with van der Waals surface area (Å²) in [5, 5.41) is 5.42. The monoisotopic (exact) mass is 685 g/mol. The number of hydrogen-bond donors (Lipinski definition) is 0. The van der Waals surface area contributed by atoms with Crippen LogP contribution in [0.4, 0.5) is 11.4 Å². The highest BCUT2D eigenvalue weighted by atomic mass is 15.2. The Morgan fingerprint density at radius 3 is 2.43 bits per heavy atom. The number of anilines is 2. The molecule has 0 saturated heterocycles. The van der Waals surface area contributed by atoms with E-state index in [1.807, 2.05) is 0 Å². The zero-order valence-corrected chi connectivity index (χ0v) is 31.4. The first-order valence-corrected chi connectivity index (χ1v) is 20.0. The minimum Gasteiger partial charge on any atom is -0.311 e. The van der Waals surface area contributed by atoms with Gasteiger partial charge >= 0.3 is 0 Å². The van der Waals surface area contributed by atoms with Crippen LogP contribution in [0.5, 0.6) is 0 Å². The molecule has 0 radical (unpaired) electrons. The van der Waals surface area contributed by atoms with Gasteiger partial charge in [0.2, 0.25) is 0 Å². The van der Waals surface area contributed by atoms with E-state index in [4.69, 9.17) is 0 Å². The van der Waals surface area contributed by atoms with Gasteiger partial charge in [0, 0.05) is 28.4 Å². The van der Waals surface area contributed by atoms with Crippen LogP contribution in [0.15, 0.2) is 150 Å². The molecule has 0 aromatic heterocycles. The maximum atomic E-state index is 2.70. The Morgan fingerprint density at radius 2 is 1.55 bits per heavy atom. The normalized spacial score (nSPS) is 26.1. The fourth-order valence-corrected chi connectivity index (χ4v) is 11.5. The van der Waals surface area contributed by atoms with Gasteiger partial charge in [-0.05, 0) is 139 Å². The van der Waals surface area contributed by atoms with Crippen LogP contribution in [-0.2, 0) is 10.8 Å². The highest BCUT2D eigenvalue weighted by Gasteiger charge is 2.54. The third-order valence-corrected chi connectivity index (χ3v) is 14.1. The first kappa shape index (κ1) is 31.4. The summed E-state index contributed by atoms with van der Waals surface area (Å²) in [6, 6.07) is 28.2. The highest BCUT2D eigenvalue weighted by Crippen LogP contribution is 2.63. The molecule has 53 heavy (non-hydrogen) atoms. The summed E-state index contributed by atoms with van der Waals surface area (Å²) in [6.07, 6.45) is 30.9. The largest absolute Gasteiger partial charge is 0.311 e. The molecule has 4 unspecified atom stereocenters. The van der Waals surface area contributed by atoms with Gasteiger partial charge in [0.15, 0.2) is 0 Å². The number of benzene rings is 4. The number of hydrogen-bond acceptors (Lipinski definition) is 1. The Bertz CT molecular complexity index is 2630. The van der Waals surface area contributed by atoms with Gasteiger partial charge in [-0.2, -0.15) is 0 Å². The molecule has 0 saturated carbocycles. The number of allylic oxidation sites excluding steroid dienone is 13. The van der Waals surface area contributed by atoms with E-state index in [1.54, 1.807) is 16.7 Å². The number of para-hydroxylation sites is 1. The highest BCUT2D eigenvalue weighted by molar-refractivity contribution is 5.90. The molecule has 0 spiro atoms. The lowest BCUT2D eigenvalue weighted by atomic mass is 9.64. The van der Waals surface area contributed by atoms with E-state index in [0.29, 0.717) is 23.7 Å². The predicted molar refractivity (Wildman–Crippen MR) is 223 cm³/mol. The molecule has 0 aliphatic heterocycles. The van der Waals surface area contributed by atoms with Crippen molar-refractivity contribution in [2.45, 2.75) is 70.1 Å². The fraction of sp³-hybridized carbons (Fsp3) is 0.269. The second-order valence-corrected chi connectivity index (χ2v) is 17.5. The Balaban J connectivity index is 1.10. The van der Waals surface area contributed by atoms with Crippen molar-refractivity contribution in [2.75, 3.05) is 4.90 Å². The number of nitrogens with zero attached hydrogens (tertiary/aromatic N) is 1. The maximum absolute atomic E-state index is 2.70. The van der Waals surface area contributed by atoms with Gasteiger partial charge in [-0.15, -0.1) is 0 Å². The molecule has 11 rings (SSSR count). The lowest BCUT2D eigenvalue weighted by molar-refractivity contribution is 0.304. The zero-order chi connectivity index (χ0) is 35.6. The van der Waals surface area contributed by atoms with Crippen LogP contribution < -0.4 is 15.3 Å². The van der Waals surface area contributed by atoms with Gasteiger partial charge in [0.05, 0.1) is 0 Å². The second-order valence-electron chi connectivity index (χ2n) is 17.5. The molecule has 260 valence electrons. The van der Waals surface area contributed by atoms with E-state index in [-0.39, 0.29) is 10.8 Å². The summed E-state index contributed by atoms with van der Waals surface area (Å²) in [5.74, 6) is 1.68. The first-order valence-electron chi connectivity index (χ1n) is 20.0. The van der Waals surface area contributed by atoms with Gasteiger partial charge in [-0.25, -0.2) is 0 Å². The second kappa shape index (κ2) is 11.2. The Kier molecular flexibility index (Phi) is 6.63. The minimum absolute atomic E-state index is 0.0134. The molecule has 7 aliphatic carbocycles. The molecule has 0 bridgehead atoms. The predicted octanol–water partition coefficient (Wildman–Crippen LogP) is 11.5. The Morgan fingerprint density at radius 1 is 0.736 bits per heavy atom. The van der Waals surface area contributed by atoms with E-state index in [0.717, 1.165) is 25.7 Å². The summed E-state index contributed by atoms with van der Waals surface area (Å²) < 4.78 is 0. The van der Waals surface area contributed by atoms with Crippen LogP contribution in [0.1, 0.15) is 81.5 Å². The van der Waals surface area contributed by atoms with Crippen molar-refractivity contribution in [3.63, 3.8) is 0 Å². The summed E-state index contributed by atoms with van der Waals surface area (Å²) in [7, 11) is 0. The van der Waals surface area contributed by atoms with Crippen molar-refractivity contribution >= 4 is 39.9 Å². The minimum atomic E-state index is -0.0221. The standard InChI is InChI=1S/C52H47N/c1-51(2)44-27-25-33-15-9-11-19-38(33)49(44)42-29-46-43(30-45(42)51)50-40-21-13-12-20-39(40)48(31-47(50)52(46,3)4)53(35-16-6-5-7-17-35)36-26-24-34-23-22-32-14-8-10-18-37(32)41(34)28-36/h5-7,9,11-18,20,22-31,38,40,47,50H,8,10,19,21H2,1-4H3. The lowest BCUT2D eigenvalue weighted by Gasteiger charge is -2.44. The number of rotatable bonds is 3. The molecule has 7 aliphatic rings. The van der Waals surface area contributed by atoms with E-state index < -0.39 is 0 Å². The summed E-state index contributed by atoms with van der Waals surface area (Å²) in [6.45, 7) is 10.0. The van der Waals surface area contributed by atoms with Crippen molar-refractivity contribution in [3.05, 3.63) is 183 Å². The summed E-state index contributed by atoms with van der Waals surface area (Å²) in [5.41, 5.74) is 16.0. The molecule has 0 amide bonds. The lowest BCUT2D eigenvalue weighted by Crippen LogP contribution is -2.36. The quantitative estimate of drug-likeness (QED) is 0.207. The molecule has 4 aromatic carbocycles. The third-order valence-electron chi connectivity index (χ3n) is 14.1. The van der Waals surface area contributed by atoms with Crippen molar-refractivity contribution < 1.29 is 0 Å². The topological polar surface area (TPSA) is 3.24 Å². The summed E-state index contributed by atoms with van der Waals surface area (Å²) in [4.78, 5) is 2.58. The van der Waals surface area contributed by atoms with E-state index in [9.17, 15) is 0 Å². The zero-order valence-electron chi connectivity index (χ0n) is 31.4. The molecular weight excluding hydrogens is 639 g/mol. The van der Waals surface area contributed by atoms with Crippen LogP contribution in [0, 0.1) is 17.8 Å². The van der Waals surface area contributed by atoms with Gasteiger partial charge in [-0.3, -0.25) is 0 Å². The SMILES string of the molecule is CC1(C)C2=C(c3cc4c(cc31)C1C3CC=CC=C3C(N(c3ccccc3)c3ccc5ccc6c(c5c3)=CCCC=6)=CC1C4(C)C)C1CC=CC=C1C=C2. The Hall–Kier alpha value is -5.14. The average Bonchev–Trinajstić information content (AvgIpc) is 3.56. The Labute approximate surface area is 314 Å². The van der Waals surface area contributed by atoms with Crippen LogP contribution in [-0.4, -0.2) is 0 Å². The first-order chi connectivity index (χ1) is 25.8. The molecule has 0 fully saturated rings. The van der Waals surface area contributed by atoms with Crippen molar-refractivity contribution in [1.29, 1.82) is 0 Å². The third kappa shape index (κ3) is 4.37. The van der Waals surface area contributed by atoms with Crippen LogP contribution in [0.2, 0.25) is 0 Å². The molecular formula is C52H47N. The smallest absolute Gasteiger partial charge is 0.0468 e. The van der Waals surface area contributed by atoms with Crippen LogP contribution in [0.25, 0.3) is 28.5 Å². The van der Waals surface area contributed by atoms with Gasteiger partial charge in [0.25, 0.3) is 0 Å². The molecule has 4 aromatic rings. The molecule has 1 heteroatoms. The maximum Gasteiger partial charge on any atom is 0.0468 e. The summed E-state index contributed by atoms with van der Waals surface area (Å²) >= 11 is 0. The van der Waals surface area contributed by atoms with E-state index in [1.165, 1.54) is 66.1 Å². The van der Waals surface area contributed by atoms with Crippen LogP contribution in [0.3, 0.4) is 0 Å². The number of fused-ring (bicyclic) bond motifs is 12. The van der Waals surface area contributed by atoms with Gasteiger partial charge < -0.3 is 4.90 Å². The molecule has 0 N–H and O–H groups in total. The van der Waals surface area contributed by atoms with E-state index in [2.05, 4.69) is 172 Å². The van der Waals surface area contributed by atoms with Gasteiger partial charge in [-0.1, -0.05) is 143 Å². The van der Waals surface area contributed by atoms with E-state index >= 15 is 0 Å². The molecule has 0 heterocycles. The molecule has 4 atom stereocenters. The van der Waals surface area contributed by atoms with Gasteiger partial charge in [0.1, 0.15) is 0 Å². The van der Waals surface area contributed by atoms with Crippen molar-refractivity contribution in [1.82, 2.24) is 0 Å².